The minimum absolute atomic E-state index is 0.906. The first-order valence-electron chi connectivity index (χ1n) is 19.9. The Morgan fingerprint density at radius 1 is 0.431 bits per heavy atom. The Morgan fingerprint density at radius 3 is 1.90 bits per heavy atom. The fourth-order valence-corrected chi connectivity index (χ4v) is 10.1. The maximum absolute atomic E-state index is 6.48. The highest BCUT2D eigenvalue weighted by Crippen LogP contribution is 2.43. The van der Waals surface area contributed by atoms with Crippen molar-refractivity contribution in [1.82, 2.24) is 0 Å². The molecular weight excluding hydrogens is 727 g/mol. The van der Waals surface area contributed by atoms with Crippen LogP contribution < -0.4 is 4.90 Å². The Bertz CT molecular complexity index is 3400. The van der Waals surface area contributed by atoms with Gasteiger partial charge in [0.15, 0.2) is 0 Å². The summed E-state index contributed by atoms with van der Waals surface area (Å²) in [6, 6.07) is 65.5. The third-order valence-electron chi connectivity index (χ3n) is 11.8. The highest BCUT2D eigenvalue weighted by molar-refractivity contribution is 7.25. The Hall–Kier alpha value is -7.14. The van der Waals surface area contributed by atoms with Crippen molar-refractivity contribution in [3.05, 3.63) is 205 Å². The number of furan rings is 2. The summed E-state index contributed by atoms with van der Waals surface area (Å²) in [6.07, 6.45) is 4.32. The predicted molar refractivity (Wildman–Crippen MR) is 244 cm³/mol. The van der Waals surface area contributed by atoms with Gasteiger partial charge in [0, 0.05) is 70.1 Å². The number of benzene rings is 8. The molecule has 4 heteroatoms. The van der Waals surface area contributed by atoms with Gasteiger partial charge >= 0.3 is 0 Å². The molecule has 0 saturated heterocycles. The molecule has 0 spiro atoms. The molecule has 8 aromatic carbocycles. The van der Waals surface area contributed by atoms with Crippen LogP contribution in [0, 0.1) is 0 Å². The van der Waals surface area contributed by atoms with Crippen LogP contribution >= 0.6 is 11.3 Å². The zero-order chi connectivity index (χ0) is 38.2. The molecule has 12 rings (SSSR count). The summed E-state index contributed by atoms with van der Waals surface area (Å²) in [6.45, 7) is 0. The van der Waals surface area contributed by atoms with E-state index in [4.69, 9.17) is 8.83 Å². The number of aryl methyl sites for hydroxylation is 1. The standard InChI is InChI=1S/C54H35NO2S/c1-4-19-49-43(12-1)46-17-8-15-41(53(46)56-49)34-22-27-38(28-23-34)55(39-29-24-35(25-30-39)42-16-9-18-47-44-13-2-5-20-50(44)57-54(42)47)40-11-7-10-36(32-40)37-26-31-52-48(33-37)45-14-3-6-21-51(45)58-52/h1-8,10-17,19-33H,9,18H2. The van der Waals surface area contributed by atoms with Crippen molar-refractivity contribution in [2.75, 3.05) is 4.90 Å². The molecule has 0 unspecified atom stereocenters. The lowest BCUT2D eigenvalue weighted by atomic mass is 9.91. The normalized spacial score (nSPS) is 12.8. The van der Waals surface area contributed by atoms with Crippen molar-refractivity contribution in [3.8, 4) is 22.3 Å². The lowest BCUT2D eigenvalue weighted by Crippen LogP contribution is -2.10. The van der Waals surface area contributed by atoms with Crippen LogP contribution in [-0.4, -0.2) is 0 Å². The van der Waals surface area contributed by atoms with Crippen LogP contribution in [0.5, 0.6) is 0 Å². The van der Waals surface area contributed by atoms with Crippen molar-refractivity contribution < 1.29 is 8.83 Å². The van der Waals surface area contributed by atoms with Gasteiger partial charge in [-0.3, -0.25) is 0 Å². The summed E-state index contributed by atoms with van der Waals surface area (Å²) in [5.74, 6) is 0.996. The SMILES string of the molecule is C1=C(c2ccc(N(c3ccc(-c4cccc5c4oc4ccccc45)cc3)c3cccc(-c4ccc5sc6ccccc6c5c4)c3)cc2)c2oc3ccccc3c2CC1. The fourth-order valence-electron chi connectivity index (χ4n) is 9.00. The van der Waals surface area contributed by atoms with E-state index < -0.39 is 0 Å². The summed E-state index contributed by atoms with van der Waals surface area (Å²) in [7, 11) is 0. The van der Waals surface area contributed by atoms with E-state index in [1.165, 1.54) is 42.2 Å². The van der Waals surface area contributed by atoms with Crippen molar-refractivity contribution in [2.45, 2.75) is 12.8 Å². The van der Waals surface area contributed by atoms with Gasteiger partial charge in [-0.1, -0.05) is 121 Å². The molecule has 1 aliphatic carbocycles. The molecule has 0 bridgehead atoms. The van der Waals surface area contributed by atoms with Crippen LogP contribution in [0.1, 0.15) is 23.3 Å². The first-order chi connectivity index (χ1) is 28.7. The number of hydrogen-bond donors (Lipinski definition) is 0. The maximum atomic E-state index is 6.48. The molecule has 274 valence electrons. The van der Waals surface area contributed by atoms with Crippen LogP contribution in [-0.2, 0) is 6.42 Å². The van der Waals surface area contributed by atoms with Gasteiger partial charge in [-0.2, -0.15) is 0 Å². The van der Waals surface area contributed by atoms with Crippen LogP contribution in [0.25, 0.3) is 80.9 Å². The minimum atomic E-state index is 0.906. The third-order valence-corrected chi connectivity index (χ3v) is 12.9. The van der Waals surface area contributed by atoms with E-state index in [2.05, 4.69) is 175 Å². The first kappa shape index (κ1) is 33.0. The molecule has 0 fully saturated rings. The van der Waals surface area contributed by atoms with Gasteiger partial charge in [0.1, 0.15) is 22.5 Å². The van der Waals surface area contributed by atoms with E-state index in [1.54, 1.807) is 0 Å². The largest absolute Gasteiger partial charge is 0.456 e. The fraction of sp³-hybridized carbons (Fsp3) is 0.0370. The molecule has 0 N–H and O–H groups in total. The predicted octanol–water partition coefficient (Wildman–Crippen LogP) is 15.9. The van der Waals surface area contributed by atoms with Crippen molar-refractivity contribution in [2.24, 2.45) is 0 Å². The molecule has 58 heavy (non-hydrogen) atoms. The number of hydrogen-bond acceptors (Lipinski definition) is 4. The Balaban J connectivity index is 0.961. The molecule has 0 radical (unpaired) electrons. The highest BCUT2D eigenvalue weighted by Gasteiger charge is 2.23. The smallest absolute Gasteiger partial charge is 0.143 e. The van der Waals surface area contributed by atoms with E-state index in [-0.39, 0.29) is 0 Å². The number of para-hydroxylation sites is 3. The van der Waals surface area contributed by atoms with E-state index >= 15 is 0 Å². The van der Waals surface area contributed by atoms with E-state index in [0.717, 1.165) is 85.4 Å². The monoisotopic (exact) mass is 761 g/mol. The van der Waals surface area contributed by atoms with Crippen LogP contribution in [0.3, 0.4) is 0 Å². The number of nitrogens with zero attached hydrogens (tertiary/aromatic N) is 1. The van der Waals surface area contributed by atoms with Gasteiger partial charge in [0.05, 0.1) is 0 Å². The summed E-state index contributed by atoms with van der Waals surface area (Å²) >= 11 is 1.85. The zero-order valence-corrected chi connectivity index (χ0v) is 32.3. The average Bonchev–Trinajstić information content (AvgIpc) is 3.98. The van der Waals surface area contributed by atoms with E-state index in [0.29, 0.717) is 0 Å². The molecule has 0 aliphatic heterocycles. The summed E-state index contributed by atoms with van der Waals surface area (Å²) in [5, 5.41) is 6.10. The third kappa shape index (κ3) is 5.33. The first-order valence-corrected chi connectivity index (χ1v) is 20.7. The minimum Gasteiger partial charge on any atom is -0.456 e. The second-order valence-corrected chi connectivity index (χ2v) is 16.2. The molecule has 0 amide bonds. The highest BCUT2D eigenvalue weighted by atomic mass is 32.1. The maximum Gasteiger partial charge on any atom is 0.143 e. The number of allylic oxidation sites excluding steroid dienone is 1. The van der Waals surface area contributed by atoms with E-state index in [9.17, 15) is 0 Å². The molecule has 11 aromatic rings. The quantitative estimate of drug-likeness (QED) is 0.169. The topological polar surface area (TPSA) is 29.5 Å². The zero-order valence-electron chi connectivity index (χ0n) is 31.5. The lowest BCUT2D eigenvalue weighted by Gasteiger charge is -2.26. The average molecular weight is 762 g/mol. The number of anilines is 3. The van der Waals surface area contributed by atoms with Gasteiger partial charge in [-0.15, -0.1) is 11.3 Å². The summed E-state index contributed by atoms with van der Waals surface area (Å²) in [4.78, 5) is 2.36. The summed E-state index contributed by atoms with van der Waals surface area (Å²) in [5.41, 5.74) is 14.2. The van der Waals surface area contributed by atoms with Crippen molar-refractivity contribution in [1.29, 1.82) is 0 Å². The molecule has 1 aliphatic rings. The second kappa shape index (κ2) is 13.2. The Labute approximate surface area is 339 Å². The molecule has 0 atom stereocenters. The number of fused-ring (bicyclic) bond motifs is 9. The van der Waals surface area contributed by atoms with Gasteiger partial charge in [0.25, 0.3) is 0 Å². The molecule has 3 nitrogen and oxygen atoms in total. The molecule has 3 heterocycles. The Kier molecular flexibility index (Phi) is 7.54. The number of thiophene rings is 1. The van der Waals surface area contributed by atoms with Crippen molar-refractivity contribution >= 4 is 87.1 Å². The molecule has 3 aromatic heterocycles. The van der Waals surface area contributed by atoms with Gasteiger partial charge < -0.3 is 13.7 Å². The van der Waals surface area contributed by atoms with E-state index in [1.807, 2.05) is 29.5 Å². The molecular formula is C54H35NO2S. The summed E-state index contributed by atoms with van der Waals surface area (Å²) < 4.78 is 15.5. The Morgan fingerprint density at radius 2 is 1.07 bits per heavy atom. The van der Waals surface area contributed by atoms with Gasteiger partial charge in [0.2, 0.25) is 0 Å². The van der Waals surface area contributed by atoms with Crippen molar-refractivity contribution in [3.63, 3.8) is 0 Å². The molecule has 0 saturated carbocycles. The number of rotatable bonds is 6. The van der Waals surface area contributed by atoms with Crippen LogP contribution in [0.2, 0.25) is 0 Å². The van der Waals surface area contributed by atoms with Gasteiger partial charge in [-0.05, 0) is 102 Å². The lowest BCUT2D eigenvalue weighted by molar-refractivity contribution is 0.591. The van der Waals surface area contributed by atoms with Crippen LogP contribution in [0.4, 0.5) is 17.1 Å². The van der Waals surface area contributed by atoms with Gasteiger partial charge in [-0.25, -0.2) is 0 Å². The second-order valence-electron chi connectivity index (χ2n) is 15.1. The van der Waals surface area contributed by atoms with Crippen LogP contribution in [0.15, 0.2) is 197 Å².